The molecule has 0 spiro atoms. The maximum Gasteiger partial charge on any atom is 0.327 e. The van der Waals surface area contributed by atoms with Gasteiger partial charge in [-0.2, -0.15) is 0 Å². The van der Waals surface area contributed by atoms with Gasteiger partial charge in [0, 0.05) is 7.05 Å². The van der Waals surface area contributed by atoms with Gasteiger partial charge in [-0.05, 0) is 18.2 Å². The summed E-state index contributed by atoms with van der Waals surface area (Å²) in [7, 11) is 1.41. The molecule has 19 heavy (non-hydrogen) atoms. The van der Waals surface area contributed by atoms with Crippen LogP contribution in [0.15, 0.2) is 18.2 Å². The predicted octanol–water partition coefficient (Wildman–Crippen LogP) is 1.04. The molecule has 0 atom stereocenters. The highest BCUT2D eigenvalue weighted by Crippen LogP contribution is 2.14. The second-order valence-corrected chi connectivity index (χ2v) is 4.17. The van der Waals surface area contributed by atoms with Gasteiger partial charge in [-0.25, -0.2) is 13.6 Å². The van der Waals surface area contributed by atoms with E-state index in [-0.39, 0.29) is 6.54 Å². The van der Waals surface area contributed by atoms with Crippen LogP contribution >= 0.6 is 0 Å². The highest BCUT2D eigenvalue weighted by atomic mass is 19.1. The minimum absolute atomic E-state index is 0.127. The van der Waals surface area contributed by atoms with Crippen molar-refractivity contribution in [3.05, 3.63) is 35.4 Å². The maximum atomic E-state index is 13.4. The lowest BCUT2D eigenvalue weighted by Crippen LogP contribution is -2.36. The Balaban J connectivity index is 2.20. The molecule has 3 amide bonds. The number of hydrogen-bond donors (Lipinski definition) is 0. The van der Waals surface area contributed by atoms with E-state index >= 15 is 0 Å². The molecule has 0 aromatic heterocycles. The van der Waals surface area contributed by atoms with Crippen LogP contribution in [-0.2, 0) is 4.79 Å². The van der Waals surface area contributed by atoms with Gasteiger partial charge in [-0.1, -0.05) is 0 Å². The van der Waals surface area contributed by atoms with Crippen molar-refractivity contribution in [1.29, 1.82) is 0 Å². The Labute approximate surface area is 107 Å². The molecule has 0 saturated carbocycles. The van der Waals surface area contributed by atoms with Crippen molar-refractivity contribution in [1.82, 2.24) is 9.80 Å². The number of hydrogen-bond acceptors (Lipinski definition) is 3. The van der Waals surface area contributed by atoms with Gasteiger partial charge in [0.2, 0.25) is 0 Å². The first-order valence-corrected chi connectivity index (χ1v) is 5.44. The molecule has 2 rings (SSSR count). The molecule has 0 aliphatic carbocycles. The molecule has 100 valence electrons. The number of urea groups is 1. The summed E-state index contributed by atoms with van der Waals surface area (Å²) in [5, 5.41) is 0. The molecule has 1 aromatic rings. The summed E-state index contributed by atoms with van der Waals surface area (Å²) < 4.78 is 26.3. The molecule has 1 heterocycles. The largest absolute Gasteiger partial charge is 0.327 e. The number of imide groups is 1. The third-order valence-electron chi connectivity index (χ3n) is 2.76. The van der Waals surface area contributed by atoms with Gasteiger partial charge in [-0.3, -0.25) is 14.5 Å². The zero-order chi connectivity index (χ0) is 14.2. The van der Waals surface area contributed by atoms with Gasteiger partial charge in [0.15, 0.2) is 5.78 Å². The van der Waals surface area contributed by atoms with Crippen molar-refractivity contribution < 1.29 is 23.2 Å². The van der Waals surface area contributed by atoms with E-state index in [1.807, 2.05) is 0 Å². The lowest BCUT2D eigenvalue weighted by Gasteiger charge is -2.13. The van der Waals surface area contributed by atoms with Crippen molar-refractivity contribution in [3.63, 3.8) is 0 Å². The zero-order valence-electron chi connectivity index (χ0n) is 10.0. The first-order valence-electron chi connectivity index (χ1n) is 5.44. The molecule has 0 radical (unpaired) electrons. The zero-order valence-corrected chi connectivity index (χ0v) is 10.0. The Morgan fingerprint density at radius 2 is 2.00 bits per heavy atom. The first-order chi connectivity index (χ1) is 8.90. The van der Waals surface area contributed by atoms with Crippen LogP contribution in [0.25, 0.3) is 0 Å². The quantitative estimate of drug-likeness (QED) is 0.608. The summed E-state index contributed by atoms with van der Waals surface area (Å²) in [5.74, 6) is -3.02. The molecular formula is C12H10F2N2O3. The first kappa shape index (κ1) is 13.1. The summed E-state index contributed by atoms with van der Waals surface area (Å²) in [6.45, 7) is -0.722. The van der Waals surface area contributed by atoms with Crippen LogP contribution in [0.3, 0.4) is 0 Å². The van der Waals surface area contributed by atoms with E-state index < -0.39 is 41.5 Å². The van der Waals surface area contributed by atoms with E-state index in [9.17, 15) is 23.2 Å². The number of Topliss-reactive ketones (excluding diaryl/α,β-unsaturated/α-hetero) is 1. The number of rotatable bonds is 3. The van der Waals surface area contributed by atoms with Crippen LogP contribution < -0.4 is 0 Å². The molecule has 1 aromatic carbocycles. The molecular weight excluding hydrogens is 258 g/mol. The predicted molar refractivity (Wildman–Crippen MR) is 60.4 cm³/mol. The average molecular weight is 268 g/mol. The SMILES string of the molecule is CN1CC(=O)N(CC(=O)c2cc(F)ccc2F)C1=O. The van der Waals surface area contributed by atoms with E-state index in [0.717, 1.165) is 23.1 Å². The van der Waals surface area contributed by atoms with Gasteiger partial charge in [0.25, 0.3) is 5.91 Å². The van der Waals surface area contributed by atoms with Gasteiger partial charge in [-0.15, -0.1) is 0 Å². The van der Waals surface area contributed by atoms with Crippen molar-refractivity contribution in [3.8, 4) is 0 Å². The van der Waals surface area contributed by atoms with Gasteiger partial charge < -0.3 is 4.90 Å². The van der Waals surface area contributed by atoms with Crippen LogP contribution in [-0.4, -0.2) is 47.7 Å². The number of amides is 3. The fourth-order valence-corrected chi connectivity index (χ4v) is 1.76. The van der Waals surface area contributed by atoms with E-state index in [1.54, 1.807) is 0 Å². The Hall–Kier alpha value is -2.31. The Bertz CT molecular complexity index is 574. The summed E-state index contributed by atoms with van der Waals surface area (Å²) in [6, 6.07) is 1.82. The lowest BCUT2D eigenvalue weighted by atomic mass is 10.1. The number of halogens is 2. The number of carbonyl (C=O) groups excluding carboxylic acids is 3. The van der Waals surface area contributed by atoms with Gasteiger partial charge in [0.1, 0.15) is 18.2 Å². The fourth-order valence-electron chi connectivity index (χ4n) is 1.76. The average Bonchev–Trinajstić information content (AvgIpc) is 2.59. The van der Waals surface area contributed by atoms with Crippen molar-refractivity contribution in [2.75, 3.05) is 20.1 Å². The van der Waals surface area contributed by atoms with E-state index in [2.05, 4.69) is 0 Å². The molecule has 5 nitrogen and oxygen atoms in total. The minimum atomic E-state index is -0.890. The summed E-state index contributed by atoms with van der Waals surface area (Å²) in [5.41, 5.74) is -0.477. The van der Waals surface area contributed by atoms with Crippen LogP contribution in [0.4, 0.5) is 13.6 Å². The number of nitrogens with zero attached hydrogens (tertiary/aromatic N) is 2. The monoisotopic (exact) mass is 268 g/mol. The van der Waals surface area contributed by atoms with Gasteiger partial charge >= 0.3 is 6.03 Å². The Kier molecular flexibility index (Phi) is 3.28. The maximum absolute atomic E-state index is 13.4. The van der Waals surface area contributed by atoms with E-state index in [1.165, 1.54) is 7.05 Å². The van der Waals surface area contributed by atoms with Gasteiger partial charge in [0.05, 0.1) is 12.1 Å². The highest BCUT2D eigenvalue weighted by molar-refractivity contribution is 6.07. The molecule has 1 aliphatic heterocycles. The lowest BCUT2D eigenvalue weighted by molar-refractivity contribution is -0.125. The summed E-state index contributed by atoms with van der Waals surface area (Å²) in [6.07, 6.45) is 0. The fraction of sp³-hybridized carbons (Fsp3) is 0.250. The smallest absolute Gasteiger partial charge is 0.318 e. The highest BCUT2D eigenvalue weighted by Gasteiger charge is 2.35. The van der Waals surface area contributed by atoms with Crippen molar-refractivity contribution >= 4 is 17.7 Å². The summed E-state index contributed by atoms with van der Waals surface area (Å²) in [4.78, 5) is 36.7. The van der Waals surface area contributed by atoms with E-state index in [4.69, 9.17) is 0 Å². The number of benzene rings is 1. The van der Waals surface area contributed by atoms with Crippen LogP contribution in [0.5, 0.6) is 0 Å². The Morgan fingerprint density at radius 1 is 1.32 bits per heavy atom. The number of ketones is 1. The summed E-state index contributed by atoms with van der Waals surface area (Å²) >= 11 is 0. The standard InChI is InChI=1S/C12H10F2N2O3/c1-15-6-11(18)16(12(15)19)5-10(17)8-4-7(13)2-3-9(8)14/h2-4H,5-6H2,1H3. The number of likely N-dealkylation sites (N-methyl/N-ethyl adjacent to an activating group) is 1. The topological polar surface area (TPSA) is 57.7 Å². The molecule has 1 saturated heterocycles. The third-order valence-corrected chi connectivity index (χ3v) is 2.76. The second-order valence-electron chi connectivity index (χ2n) is 4.17. The Morgan fingerprint density at radius 3 is 2.58 bits per heavy atom. The number of carbonyl (C=O) groups is 3. The van der Waals surface area contributed by atoms with Crippen LogP contribution in [0.1, 0.15) is 10.4 Å². The molecule has 0 N–H and O–H groups in total. The van der Waals surface area contributed by atoms with Crippen LogP contribution in [0, 0.1) is 11.6 Å². The second kappa shape index (κ2) is 4.75. The normalized spacial score (nSPS) is 15.3. The molecule has 0 unspecified atom stereocenters. The molecule has 1 aliphatic rings. The van der Waals surface area contributed by atoms with Crippen molar-refractivity contribution in [2.24, 2.45) is 0 Å². The minimum Gasteiger partial charge on any atom is -0.318 e. The van der Waals surface area contributed by atoms with Crippen molar-refractivity contribution in [2.45, 2.75) is 0 Å². The molecule has 7 heteroatoms. The van der Waals surface area contributed by atoms with E-state index in [0.29, 0.717) is 4.90 Å². The third kappa shape index (κ3) is 2.44. The molecule has 0 bridgehead atoms. The van der Waals surface area contributed by atoms with Crippen LogP contribution in [0.2, 0.25) is 0 Å². The molecule has 1 fully saturated rings.